The maximum atomic E-state index is 10.9. The topological polar surface area (TPSA) is 35.5 Å². The molecule has 3 nitrogen and oxygen atoms in total. The van der Waals surface area contributed by atoms with Crippen LogP contribution < -0.4 is 0 Å². The van der Waals surface area contributed by atoms with Crippen molar-refractivity contribution < 1.29 is 14.3 Å². The Hall–Kier alpha value is -0.570. The Balaban J connectivity index is 2.13. The predicted molar refractivity (Wildman–Crippen MR) is 40.2 cm³/mol. The van der Waals surface area contributed by atoms with Gasteiger partial charge in [-0.1, -0.05) is 6.92 Å². The van der Waals surface area contributed by atoms with E-state index in [0.717, 1.165) is 19.4 Å². The molecule has 0 amide bonds. The normalized spacial score (nSPS) is 23.5. The number of hydrogen-bond donors (Lipinski definition) is 0. The summed E-state index contributed by atoms with van der Waals surface area (Å²) in [6.45, 7) is 3.27. The highest BCUT2D eigenvalue weighted by molar-refractivity contribution is 5.69. The van der Waals surface area contributed by atoms with Crippen LogP contribution in [0.25, 0.3) is 0 Å². The van der Waals surface area contributed by atoms with Gasteiger partial charge in [0.1, 0.15) is 6.10 Å². The second kappa shape index (κ2) is 4.34. The van der Waals surface area contributed by atoms with Crippen molar-refractivity contribution in [1.82, 2.24) is 0 Å². The van der Waals surface area contributed by atoms with Crippen LogP contribution in [0.1, 0.15) is 26.2 Å². The largest absolute Gasteiger partial charge is 0.460 e. The molecule has 1 rings (SSSR count). The SMILES string of the molecule is CCCC(=O)O[C@H]1CCOC1. The Kier molecular flexibility index (Phi) is 3.36. The van der Waals surface area contributed by atoms with Crippen LogP contribution in [0, 0.1) is 0 Å². The van der Waals surface area contributed by atoms with E-state index in [0.29, 0.717) is 13.0 Å². The highest BCUT2D eigenvalue weighted by Gasteiger charge is 2.18. The van der Waals surface area contributed by atoms with Gasteiger partial charge in [0.2, 0.25) is 0 Å². The fourth-order valence-corrected chi connectivity index (χ4v) is 1.05. The number of carbonyl (C=O) groups is 1. The number of ether oxygens (including phenoxy) is 2. The summed E-state index contributed by atoms with van der Waals surface area (Å²) in [4.78, 5) is 10.9. The van der Waals surface area contributed by atoms with Crippen LogP contribution in [-0.4, -0.2) is 25.3 Å². The molecule has 0 aromatic rings. The first-order chi connectivity index (χ1) is 5.33. The van der Waals surface area contributed by atoms with Crippen molar-refractivity contribution in [3.63, 3.8) is 0 Å². The summed E-state index contributed by atoms with van der Waals surface area (Å²) < 4.78 is 10.1. The summed E-state index contributed by atoms with van der Waals surface area (Å²) in [5.74, 6) is -0.0944. The zero-order valence-electron chi connectivity index (χ0n) is 6.84. The second-order valence-corrected chi connectivity index (χ2v) is 2.73. The van der Waals surface area contributed by atoms with Gasteiger partial charge < -0.3 is 9.47 Å². The number of rotatable bonds is 3. The zero-order chi connectivity index (χ0) is 8.10. The van der Waals surface area contributed by atoms with Gasteiger partial charge >= 0.3 is 5.97 Å². The van der Waals surface area contributed by atoms with Crippen LogP contribution in [0.4, 0.5) is 0 Å². The molecule has 1 aliphatic rings. The van der Waals surface area contributed by atoms with Crippen LogP contribution in [-0.2, 0) is 14.3 Å². The molecule has 1 saturated heterocycles. The summed E-state index contributed by atoms with van der Waals surface area (Å²) in [5.41, 5.74) is 0. The summed E-state index contributed by atoms with van der Waals surface area (Å²) in [7, 11) is 0. The summed E-state index contributed by atoms with van der Waals surface area (Å²) >= 11 is 0. The molecule has 1 heterocycles. The quantitative estimate of drug-likeness (QED) is 0.577. The molecule has 1 atom stereocenters. The molecule has 0 spiro atoms. The molecule has 0 aromatic heterocycles. The minimum absolute atomic E-state index is 0.0223. The number of hydrogen-bond acceptors (Lipinski definition) is 3. The van der Waals surface area contributed by atoms with E-state index in [1.807, 2.05) is 6.92 Å². The Morgan fingerprint density at radius 2 is 2.55 bits per heavy atom. The van der Waals surface area contributed by atoms with Crippen molar-refractivity contribution in [3.05, 3.63) is 0 Å². The van der Waals surface area contributed by atoms with E-state index in [-0.39, 0.29) is 12.1 Å². The van der Waals surface area contributed by atoms with E-state index in [2.05, 4.69) is 0 Å². The third kappa shape index (κ3) is 2.89. The van der Waals surface area contributed by atoms with Crippen molar-refractivity contribution >= 4 is 5.97 Å². The summed E-state index contributed by atoms with van der Waals surface area (Å²) in [6, 6.07) is 0. The molecule has 0 N–H and O–H groups in total. The molecule has 0 aromatic carbocycles. The second-order valence-electron chi connectivity index (χ2n) is 2.73. The molecule has 1 fully saturated rings. The fraction of sp³-hybridized carbons (Fsp3) is 0.875. The Bertz CT molecular complexity index is 127. The third-order valence-corrected chi connectivity index (χ3v) is 1.64. The van der Waals surface area contributed by atoms with Crippen molar-refractivity contribution in [1.29, 1.82) is 0 Å². The molecule has 0 saturated carbocycles. The minimum Gasteiger partial charge on any atom is -0.460 e. The highest BCUT2D eigenvalue weighted by Crippen LogP contribution is 2.09. The first-order valence-electron chi connectivity index (χ1n) is 4.10. The van der Waals surface area contributed by atoms with Gasteiger partial charge in [0, 0.05) is 12.8 Å². The van der Waals surface area contributed by atoms with Gasteiger partial charge in [-0.2, -0.15) is 0 Å². The Morgan fingerprint density at radius 1 is 1.73 bits per heavy atom. The first kappa shape index (κ1) is 8.53. The lowest BCUT2D eigenvalue weighted by atomic mass is 10.3. The lowest BCUT2D eigenvalue weighted by Gasteiger charge is -2.08. The average molecular weight is 158 g/mol. The van der Waals surface area contributed by atoms with Gasteiger partial charge in [-0.15, -0.1) is 0 Å². The van der Waals surface area contributed by atoms with Gasteiger partial charge in [-0.3, -0.25) is 4.79 Å². The van der Waals surface area contributed by atoms with Gasteiger partial charge in [0.05, 0.1) is 13.2 Å². The minimum atomic E-state index is -0.0944. The monoisotopic (exact) mass is 158 g/mol. The third-order valence-electron chi connectivity index (χ3n) is 1.64. The summed E-state index contributed by atoms with van der Waals surface area (Å²) in [6.07, 6.45) is 2.26. The van der Waals surface area contributed by atoms with Crippen LogP contribution in [0.15, 0.2) is 0 Å². The molecule has 1 aliphatic heterocycles. The van der Waals surface area contributed by atoms with Gasteiger partial charge in [-0.25, -0.2) is 0 Å². The maximum absolute atomic E-state index is 10.9. The standard InChI is InChI=1S/C8H14O3/c1-2-3-8(9)11-7-4-5-10-6-7/h7H,2-6H2,1H3/t7-/m0/s1. The van der Waals surface area contributed by atoms with Crippen molar-refractivity contribution in [2.45, 2.75) is 32.3 Å². The highest BCUT2D eigenvalue weighted by atomic mass is 16.6. The van der Waals surface area contributed by atoms with E-state index >= 15 is 0 Å². The zero-order valence-corrected chi connectivity index (χ0v) is 6.84. The maximum Gasteiger partial charge on any atom is 0.306 e. The average Bonchev–Trinajstić information content (AvgIpc) is 2.40. The van der Waals surface area contributed by atoms with Gasteiger partial charge in [-0.05, 0) is 6.42 Å². The molecular formula is C8H14O3. The molecule has 0 unspecified atom stereocenters. The van der Waals surface area contributed by atoms with E-state index in [1.54, 1.807) is 0 Å². The molecule has 0 radical (unpaired) electrons. The smallest absolute Gasteiger partial charge is 0.306 e. The molecule has 64 valence electrons. The summed E-state index contributed by atoms with van der Waals surface area (Å²) in [5, 5.41) is 0. The predicted octanol–water partition coefficient (Wildman–Crippen LogP) is 1.12. The van der Waals surface area contributed by atoms with Crippen LogP contribution in [0.3, 0.4) is 0 Å². The Labute approximate surface area is 66.7 Å². The van der Waals surface area contributed by atoms with Crippen molar-refractivity contribution in [2.75, 3.05) is 13.2 Å². The van der Waals surface area contributed by atoms with E-state index < -0.39 is 0 Å². The Morgan fingerprint density at radius 3 is 3.09 bits per heavy atom. The molecule has 0 aliphatic carbocycles. The molecular weight excluding hydrogens is 144 g/mol. The van der Waals surface area contributed by atoms with Crippen LogP contribution >= 0.6 is 0 Å². The first-order valence-corrected chi connectivity index (χ1v) is 4.10. The fourth-order valence-electron chi connectivity index (χ4n) is 1.05. The van der Waals surface area contributed by atoms with Gasteiger partial charge in [0.15, 0.2) is 0 Å². The van der Waals surface area contributed by atoms with Crippen molar-refractivity contribution in [2.24, 2.45) is 0 Å². The van der Waals surface area contributed by atoms with E-state index in [9.17, 15) is 4.79 Å². The van der Waals surface area contributed by atoms with E-state index in [1.165, 1.54) is 0 Å². The van der Waals surface area contributed by atoms with Gasteiger partial charge in [0.25, 0.3) is 0 Å². The van der Waals surface area contributed by atoms with Crippen LogP contribution in [0.2, 0.25) is 0 Å². The molecule has 11 heavy (non-hydrogen) atoms. The van der Waals surface area contributed by atoms with Crippen LogP contribution in [0.5, 0.6) is 0 Å². The molecule has 3 heteroatoms. The lowest BCUT2D eigenvalue weighted by molar-refractivity contribution is -0.149. The number of esters is 1. The molecule has 0 bridgehead atoms. The van der Waals surface area contributed by atoms with E-state index in [4.69, 9.17) is 9.47 Å². The lowest BCUT2D eigenvalue weighted by Crippen LogP contribution is -2.17. The van der Waals surface area contributed by atoms with Crippen molar-refractivity contribution in [3.8, 4) is 0 Å². The number of carbonyl (C=O) groups excluding carboxylic acids is 1.